The summed E-state index contributed by atoms with van der Waals surface area (Å²) in [5, 5.41) is 35.7. The summed E-state index contributed by atoms with van der Waals surface area (Å²) in [6.45, 7) is 27.7. The monoisotopic (exact) mass is 1240 g/mol. The molecule has 0 aliphatic carbocycles. The second-order valence-corrected chi connectivity index (χ2v) is 27.2. The molecule has 88 heavy (non-hydrogen) atoms. The van der Waals surface area contributed by atoms with Crippen LogP contribution in [0.25, 0.3) is 0 Å². The van der Waals surface area contributed by atoms with Gasteiger partial charge in [-0.25, -0.2) is 9.59 Å². The van der Waals surface area contributed by atoms with Crippen LogP contribution in [0, 0.1) is 41.4 Å². The number of hydrogen-bond donors (Lipinski definition) is 6. The highest BCUT2D eigenvalue weighted by molar-refractivity contribution is 5.98. The highest BCUT2D eigenvalue weighted by Gasteiger charge is 2.45. The van der Waals surface area contributed by atoms with E-state index in [4.69, 9.17) is 4.74 Å². The Kier molecular flexibility index (Phi) is 32.7. The highest BCUT2D eigenvalue weighted by Crippen LogP contribution is 2.24. The number of aliphatic hydroxyl groups excluding tert-OH is 2. The molecule has 0 radical (unpaired) electrons. The quantitative estimate of drug-likeness (QED) is 0.0800. The van der Waals surface area contributed by atoms with Gasteiger partial charge in [-0.1, -0.05) is 96.1 Å². The van der Waals surface area contributed by atoms with Crippen molar-refractivity contribution in [2.45, 2.75) is 216 Å². The van der Waals surface area contributed by atoms with E-state index in [0.717, 1.165) is 20.4 Å². The van der Waals surface area contributed by atoms with Crippen molar-refractivity contribution in [3.8, 4) is 0 Å². The lowest BCUT2D eigenvalue weighted by Crippen LogP contribution is -2.64. The minimum absolute atomic E-state index is 0.0479. The van der Waals surface area contributed by atoms with Gasteiger partial charge in [0.1, 0.15) is 42.3 Å². The Morgan fingerprint density at radius 2 is 1.12 bits per heavy atom. The number of hydrogen-bond acceptors (Lipinski definition) is 16. The summed E-state index contributed by atoms with van der Waals surface area (Å²) < 4.78 is 5.50. The summed E-state index contributed by atoms with van der Waals surface area (Å²) >= 11 is 0. The van der Waals surface area contributed by atoms with Crippen molar-refractivity contribution in [3.05, 3.63) is 30.1 Å². The van der Waals surface area contributed by atoms with Gasteiger partial charge in [0.2, 0.25) is 41.4 Å². The normalized spacial score (nSPS) is 25.6. The summed E-state index contributed by atoms with van der Waals surface area (Å²) in [7, 11) is 10.6. The standard InChI is InChI=1S/C64H114N12O12/c1-37(2)31-47-60(83)75(21)54(42(11)12)62(85)76(22)55(56(79)43(13)26-29-70(16)30-27-46-25-23-24-28-65-46)59(82)69-53(45(15)77)61(84)71(17)36-52(78)72(18)48(32-38(3)4)58(81)68-51(35-41(9)10)74(20)50(34-40(7)8)66-44(14)63(86)88-64(87)73(19)49(33-39(5)6)57(80)67-47/h23-25,28,37-45,47-51,53-56,66,77,79H,26-27,29-36H2,1-22H3,(H,67,80)(H,68,81)(H,69,82)/t43-,44-,45-,47-,48+,49-,50-,51+,53?,54?,55?,56-/m1/s1. The van der Waals surface area contributed by atoms with E-state index < -0.39 is 139 Å². The molecule has 502 valence electrons. The van der Waals surface area contributed by atoms with Gasteiger partial charge in [-0.2, -0.15) is 0 Å². The van der Waals surface area contributed by atoms with Gasteiger partial charge in [-0.3, -0.25) is 53.7 Å². The predicted octanol–water partition coefficient (Wildman–Crippen LogP) is 3.77. The van der Waals surface area contributed by atoms with Crippen LogP contribution in [0.15, 0.2) is 24.4 Å². The molecule has 1 aromatic heterocycles. The van der Waals surface area contributed by atoms with Crippen LogP contribution in [0.3, 0.4) is 0 Å². The first-order valence-electron chi connectivity index (χ1n) is 31.7. The molecule has 24 nitrogen and oxygen atoms in total. The van der Waals surface area contributed by atoms with Crippen LogP contribution in [0.4, 0.5) is 4.79 Å². The van der Waals surface area contributed by atoms with Gasteiger partial charge in [0.15, 0.2) is 0 Å². The van der Waals surface area contributed by atoms with E-state index in [9.17, 15) is 43.8 Å². The fourth-order valence-corrected chi connectivity index (χ4v) is 11.0. The molecule has 6 N–H and O–H groups in total. The molecule has 0 bridgehead atoms. The van der Waals surface area contributed by atoms with Crippen LogP contribution in [0.1, 0.15) is 148 Å². The highest BCUT2D eigenvalue weighted by atomic mass is 16.6. The van der Waals surface area contributed by atoms with Crippen molar-refractivity contribution in [1.82, 2.24) is 60.6 Å². The number of aliphatic hydroxyl groups is 2. The van der Waals surface area contributed by atoms with Crippen molar-refractivity contribution in [3.63, 3.8) is 0 Å². The molecule has 1 aliphatic heterocycles. The largest absolute Gasteiger partial charge is 0.417 e. The Bertz CT molecular complexity index is 2410. The number of nitrogens with one attached hydrogen (secondary N) is 4. The van der Waals surface area contributed by atoms with Crippen molar-refractivity contribution in [2.75, 3.05) is 69.0 Å². The van der Waals surface area contributed by atoms with Crippen LogP contribution >= 0.6 is 0 Å². The van der Waals surface area contributed by atoms with Gasteiger partial charge in [0, 0.05) is 60.1 Å². The zero-order chi connectivity index (χ0) is 67.3. The molecule has 12 atom stereocenters. The number of likely N-dealkylation sites (N-methyl/N-ethyl adjacent to an activating group) is 6. The number of pyridine rings is 1. The van der Waals surface area contributed by atoms with Gasteiger partial charge < -0.3 is 55.4 Å². The number of ether oxygens (including phenoxy) is 1. The van der Waals surface area contributed by atoms with Gasteiger partial charge in [0.25, 0.3) is 0 Å². The Morgan fingerprint density at radius 3 is 1.64 bits per heavy atom. The van der Waals surface area contributed by atoms with Crippen LogP contribution in [0.5, 0.6) is 0 Å². The number of aromatic nitrogens is 1. The maximum absolute atomic E-state index is 15.3. The minimum Gasteiger partial charge on any atom is -0.391 e. The van der Waals surface area contributed by atoms with E-state index in [-0.39, 0.29) is 48.9 Å². The smallest absolute Gasteiger partial charge is 0.391 e. The fourth-order valence-electron chi connectivity index (χ4n) is 11.0. The molecule has 24 heteroatoms. The van der Waals surface area contributed by atoms with Crippen molar-refractivity contribution >= 4 is 53.4 Å². The molecule has 0 saturated carbocycles. The maximum Gasteiger partial charge on any atom is 0.417 e. The van der Waals surface area contributed by atoms with Crippen molar-refractivity contribution < 1.29 is 58.1 Å². The van der Waals surface area contributed by atoms with E-state index >= 15 is 9.59 Å². The Hall–Kier alpha value is -5.82. The lowest BCUT2D eigenvalue weighted by molar-refractivity contribution is -0.155. The topological polar surface area (TPSA) is 287 Å². The first-order chi connectivity index (χ1) is 40.8. The third kappa shape index (κ3) is 24.2. The summed E-state index contributed by atoms with van der Waals surface area (Å²) in [6.07, 6.45) is -1.44. The maximum atomic E-state index is 15.3. The molecule has 0 spiro atoms. The van der Waals surface area contributed by atoms with E-state index in [1.165, 1.54) is 52.0 Å². The van der Waals surface area contributed by atoms with E-state index in [2.05, 4.69) is 31.2 Å². The lowest BCUT2D eigenvalue weighted by Gasteiger charge is -2.40. The molecular weight excluding hydrogens is 1130 g/mol. The molecule has 1 saturated heterocycles. The zero-order valence-electron chi connectivity index (χ0n) is 57.3. The van der Waals surface area contributed by atoms with Crippen LogP contribution in [0.2, 0.25) is 0 Å². The van der Waals surface area contributed by atoms with Crippen LogP contribution < -0.4 is 21.3 Å². The van der Waals surface area contributed by atoms with Gasteiger partial charge >= 0.3 is 12.1 Å². The van der Waals surface area contributed by atoms with E-state index in [0.29, 0.717) is 38.8 Å². The number of cyclic esters (lactones) is 2. The lowest BCUT2D eigenvalue weighted by atomic mass is 9.91. The van der Waals surface area contributed by atoms with Gasteiger partial charge in [-0.05, 0) is 127 Å². The summed E-state index contributed by atoms with van der Waals surface area (Å²) in [5.74, 6) is -7.70. The first-order valence-corrected chi connectivity index (χ1v) is 31.7. The van der Waals surface area contributed by atoms with Crippen LogP contribution in [-0.4, -0.2) is 239 Å². The van der Waals surface area contributed by atoms with Gasteiger partial charge in [-0.15, -0.1) is 0 Å². The molecule has 1 fully saturated rings. The molecule has 8 amide bonds. The van der Waals surface area contributed by atoms with E-state index in [1.807, 2.05) is 99.4 Å². The average Bonchev–Trinajstić information content (AvgIpc) is 0.984. The SMILES string of the molecule is CC(C)C[C@@H]1C(=O)N[C@H](CC(C)C)C(=O)N(C)C(C(C)C)C(=O)N(C)C([C@H](O)[C@H](C)CCN(C)CCc2ccccn2)C(=O)NC([C@@H](C)O)C(=O)N(C)CC(=O)N(C)[C@@H](CC(C)C)C(=O)N[C@H](CC(C)C)N(C)[C@H](CC(C)C)N[C@H](C)C(=O)OC(=O)N1C. The molecular formula is C64H114N12O12. The third-order valence-corrected chi connectivity index (χ3v) is 16.4. The second kappa shape index (κ2) is 36.7. The molecule has 2 heterocycles. The van der Waals surface area contributed by atoms with Crippen molar-refractivity contribution in [1.29, 1.82) is 0 Å². The molecule has 1 aromatic rings. The summed E-state index contributed by atoms with van der Waals surface area (Å²) in [4.78, 5) is 146. The second-order valence-electron chi connectivity index (χ2n) is 27.2. The number of esters is 1. The Balaban J connectivity index is 2.95. The predicted molar refractivity (Wildman–Crippen MR) is 339 cm³/mol. The molecule has 0 aromatic carbocycles. The molecule has 2 rings (SSSR count). The number of amides is 8. The number of rotatable bonds is 20. The number of carbonyl (C=O) groups excluding carboxylic acids is 9. The zero-order valence-corrected chi connectivity index (χ0v) is 57.3. The first kappa shape index (κ1) is 78.3. The van der Waals surface area contributed by atoms with Crippen molar-refractivity contribution in [2.24, 2.45) is 41.4 Å². The Morgan fingerprint density at radius 1 is 0.602 bits per heavy atom. The minimum atomic E-state index is -1.73. The van der Waals surface area contributed by atoms with Gasteiger partial charge in [0.05, 0.1) is 31.1 Å². The molecule has 1 aliphatic rings. The number of nitrogens with zero attached hydrogens (tertiary/aromatic N) is 8. The number of carbonyl (C=O) groups is 9. The Labute approximate surface area is 526 Å². The average molecular weight is 1240 g/mol. The van der Waals surface area contributed by atoms with E-state index in [1.54, 1.807) is 40.9 Å². The van der Waals surface area contributed by atoms with Crippen LogP contribution in [-0.2, 0) is 49.5 Å². The third-order valence-electron chi connectivity index (χ3n) is 16.4. The fraction of sp³-hybridized carbons (Fsp3) is 0.781. The summed E-state index contributed by atoms with van der Waals surface area (Å²) in [6, 6.07) is -3.68. The summed E-state index contributed by atoms with van der Waals surface area (Å²) in [5.41, 5.74) is 0.897. The molecule has 3 unspecified atom stereocenters.